The maximum atomic E-state index is 10.4. The smallest absolute Gasteiger partial charge is 1.00 e. The predicted octanol–water partition coefficient (Wildman–Crippen LogP) is -0.919. The van der Waals surface area contributed by atoms with Crippen LogP contribution in [0.3, 0.4) is 0 Å². The Labute approximate surface area is 88.5 Å². The van der Waals surface area contributed by atoms with Crippen molar-refractivity contribution in [1.29, 1.82) is 0 Å². The van der Waals surface area contributed by atoms with Gasteiger partial charge in [-0.15, -0.1) is 11.3 Å². The van der Waals surface area contributed by atoms with Crippen LogP contribution in [-0.2, 0) is 0 Å². The minimum Gasteiger partial charge on any atom is -1.00 e. The van der Waals surface area contributed by atoms with Crippen molar-refractivity contribution in [3.8, 4) is 0 Å². The molecule has 5 heteroatoms. The molecule has 0 aromatic carbocycles. The topological polar surface area (TPSA) is 50.2 Å². The molecule has 3 nitrogen and oxygen atoms in total. The summed E-state index contributed by atoms with van der Waals surface area (Å²) in [5.41, 5.74) is 0.854. The van der Waals surface area contributed by atoms with Gasteiger partial charge in [0, 0.05) is 5.38 Å². The predicted molar refractivity (Wildman–Crippen MR) is 44.3 cm³/mol. The maximum absolute atomic E-state index is 10.4. The normalized spacial score (nSPS) is 9.58. The van der Waals surface area contributed by atoms with E-state index >= 15 is 0 Å². The van der Waals surface area contributed by atoms with Crippen molar-refractivity contribution in [2.75, 3.05) is 0 Å². The van der Waals surface area contributed by atoms with Crippen molar-refractivity contribution >= 4 is 17.3 Å². The molecule has 0 aliphatic heterocycles. The average Bonchev–Trinajstić information content (AvgIpc) is 2.33. The second-order valence-electron chi connectivity index (χ2n) is 2.54. The zero-order valence-electron chi connectivity index (χ0n) is 8.37. The average molecular weight is 179 g/mol. The van der Waals surface area contributed by atoms with Crippen molar-refractivity contribution in [2.24, 2.45) is 0 Å². The van der Waals surface area contributed by atoms with Gasteiger partial charge in [-0.05, 0) is 5.92 Å². The van der Waals surface area contributed by atoms with Gasteiger partial charge < -0.3 is 6.53 Å². The van der Waals surface area contributed by atoms with E-state index in [-0.39, 0.29) is 25.3 Å². The third-order valence-electron chi connectivity index (χ3n) is 1.30. The van der Waals surface area contributed by atoms with Crippen LogP contribution in [0, 0.1) is 0 Å². The molecule has 1 rings (SSSR count). The first-order valence-corrected chi connectivity index (χ1v) is 4.18. The Morgan fingerprint density at radius 1 is 1.75 bits per heavy atom. The maximum Gasteiger partial charge on any atom is 1.00 e. The van der Waals surface area contributed by atoms with Crippen molar-refractivity contribution in [3.63, 3.8) is 0 Å². The third kappa shape index (κ3) is 2.63. The Morgan fingerprint density at radius 2 is 2.33 bits per heavy atom. The number of carboxylic acids is 1. The second kappa shape index (κ2) is 4.66. The Hall–Kier alpha value is -0.303. The van der Waals surface area contributed by atoms with Gasteiger partial charge in [-0.3, -0.25) is 0 Å². The molecule has 0 unspecified atom stereocenters. The molecule has 0 amide bonds. The molecule has 1 heterocycles. The molecule has 12 heavy (non-hydrogen) atoms. The van der Waals surface area contributed by atoms with Gasteiger partial charge in [0.05, 0.1) is 5.69 Å². The zero-order valence-corrected chi connectivity index (χ0v) is 8.18. The quantitative estimate of drug-likeness (QED) is 0.597. The van der Waals surface area contributed by atoms with Crippen LogP contribution in [0.25, 0.3) is 0 Å². The molecule has 0 fully saturated rings. The SMILES string of the molecule is CC(C)c1csc(C(=O)O)n1.[H-].[Li+]. The number of rotatable bonds is 2. The molecule has 0 saturated carbocycles. The number of hydrogen-bond donors (Lipinski definition) is 1. The van der Waals surface area contributed by atoms with Gasteiger partial charge in [0.2, 0.25) is 5.01 Å². The fourth-order valence-corrected chi connectivity index (χ4v) is 1.47. The fraction of sp³-hybridized carbons (Fsp3) is 0.429. The van der Waals surface area contributed by atoms with Gasteiger partial charge in [-0.2, -0.15) is 0 Å². The first kappa shape index (κ1) is 11.7. The van der Waals surface area contributed by atoms with E-state index < -0.39 is 5.97 Å². The summed E-state index contributed by atoms with van der Waals surface area (Å²) in [4.78, 5) is 14.3. The van der Waals surface area contributed by atoms with Crippen LogP contribution in [0.4, 0.5) is 0 Å². The summed E-state index contributed by atoms with van der Waals surface area (Å²) in [6, 6.07) is 0. The van der Waals surface area contributed by atoms with Gasteiger partial charge in [0.15, 0.2) is 0 Å². The van der Waals surface area contributed by atoms with Gasteiger partial charge in [0.1, 0.15) is 0 Å². The molecule has 1 aromatic rings. The monoisotopic (exact) mass is 179 g/mol. The molecule has 0 saturated heterocycles. The molecular weight excluding hydrogens is 169 g/mol. The summed E-state index contributed by atoms with van der Waals surface area (Å²) < 4.78 is 0. The Bertz CT molecular complexity index is 277. The second-order valence-corrected chi connectivity index (χ2v) is 3.40. The summed E-state index contributed by atoms with van der Waals surface area (Å²) in [5, 5.41) is 10.5. The molecular formula is C7H10LiNO2S. The molecule has 62 valence electrons. The van der Waals surface area contributed by atoms with E-state index in [1.807, 2.05) is 13.8 Å². The van der Waals surface area contributed by atoms with Gasteiger partial charge in [-0.1, -0.05) is 13.8 Å². The van der Waals surface area contributed by atoms with Crippen LogP contribution < -0.4 is 18.9 Å². The van der Waals surface area contributed by atoms with Crippen LogP contribution in [0.2, 0.25) is 0 Å². The molecule has 0 atom stereocenters. The van der Waals surface area contributed by atoms with E-state index in [4.69, 9.17) is 5.11 Å². The number of aromatic carboxylic acids is 1. The first-order valence-electron chi connectivity index (χ1n) is 3.30. The van der Waals surface area contributed by atoms with Crippen LogP contribution in [0.15, 0.2) is 5.38 Å². The number of aromatic nitrogens is 1. The van der Waals surface area contributed by atoms with Gasteiger partial charge in [0.25, 0.3) is 0 Å². The van der Waals surface area contributed by atoms with E-state index in [1.165, 1.54) is 11.3 Å². The van der Waals surface area contributed by atoms with Gasteiger partial charge in [-0.25, -0.2) is 9.78 Å². The van der Waals surface area contributed by atoms with E-state index in [0.29, 0.717) is 5.92 Å². The summed E-state index contributed by atoms with van der Waals surface area (Å²) in [6.45, 7) is 3.97. The third-order valence-corrected chi connectivity index (χ3v) is 2.14. The van der Waals surface area contributed by atoms with E-state index in [0.717, 1.165) is 5.69 Å². The van der Waals surface area contributed by atoms with Crippen molar-refractivity contribution in [3.05, 3.63) is 16.1 Å². The standard InChI is InChI=1S/C7H9NO2S.Li.H/c1-4(2)5-3-11-6(8-5)7(9)10;;/h3-4H,1-2H3,(H,9,10);;/q;+1;-1. The van der Waals surface area contributed by atoms with Crippen LogP contribution in [0.5, 0.6) is 0 Å². The van der Waals surface area contributed by atoms with Crippen LogP contribution >= 0.6 is 11.3 Å². The van der Waals surface area contributed by atoms with Crippen molar-refractivity contribution < 1.29 is 30.2 Å². The summed E-state index contributed by atoms with van der Waals surface area (Å²) >= 11 is 1.18. The fourth-order valence-electron chi connectivity index (χ4n) is 0.650. The minimum absolute atomic E-state index is 0. The van der Waals surface area contributed by atoms with Gasteiger partial charge >= 0.3 is 24.8 Å². The zero-order chi connectivity index (χ0) is 8.43. The number of hydrogen-bond acceptors (Lipinski definition) is 3. The molecule has 0 radical (unpaired) electrons. The van der Waals surface area contributed by atoms with E-state index in [9.17, 15) is 4.79 Å². The molecule has 0 spiro atoms. The van der Waals surface area contributed by atoms with E-state index in [2.05, 4.69) is 4.98 Å². The van der Waals surface area contributed by atoms with Crippen LogP contribution in [-0.4, -0.2) is 16.1 Å². The molecule has 0 bridgehead atoms. The summed E-state index contributed by atoms with van der Waals surface area (Å²) in [5.74, 6) is -0.638. The first-order chi connectivity index (χ1) is 5.11. The summed E-state index contributed by atoms with van der Waals surface area (Å²) in [7, 11) is 0. The minimum atomic E-state index is -0.943. The number of thiazole rings is 1. The largest absolute Gasteiger partial charge is 1.00 e. The van der Waals surface area contributed by atoms with Crippen LogP contribution in [0.1, 0.15) is 36.7 Å². The Kier molecular flexibility index (Phi) is 4.54. The Morgan fingerprint density at radius 3 is 2.58 bits per heavy atom. The molecule has 1 N–H and O–H groups in total. The number of nitrogens with zero attached hydrogens (tertiary/aromatic N) is 1. The summed E-state index contributed by atoms with van der Waals surface area (Å²) in [6.07, 6.45) is 0. The number of carbonyl (C=O) groups is 1. The molecule has 0 aliphatic carbocycles. The molecule has 0 aliphatic rings. The van der Waals surface area contributed by atoms with E-state index in [1.54, 1.807) is 5.38 Å². The number of carboxylic acid groups (broad SMARTS) is 1. The molecule has 1 aromatic heterocycles. The van der Waals surface area contributed by atoms with Crippen molar-refractivity contribution in [2.45, 2.75) is 19.8 Å². The Balaban J connectivity index is 0. The van der Waals surface area contributed by atoms with Crippen molar-refractivity contribution in [1.82, 2.24) is 4.98 Å².